The summed E-state index contributed by atoms with van der Waals surface area (Å²) < 4.78 is 0.231. The average Bonchev–Trinajstić information content (AvgIpc) is 2.68. The van der Waals surface area contributed by atoms with E-state index in [2.05, 4.69) is 26.1 Å². The van der Waals surface area contributed by atoms with Crippen LogP contribution in [0.4, 0.5) is 11.5 Å². The van der Waals surface area contributed by atoms with Crippen molar-refractivity contribution in [3.8, 4) is 17.0 Å². The Labute approximate surface area is 104 Å². The molecule has 2 aromatic rings. The molecule has 17 heavy (non-hydrogen) atoms. The van der Waals surface area contributed by atoms with Gasteiger partial charge in [0, 0.05) is 17.7 Å². The molecule has 2 rings (SSSR count). The largest absolute Gasteiger partial charge is 0.501 e. The molecule has 0 saturated carbocycles. The van der Waals surface area contributed by atoms with Gasteiger partial charge in [0.1, 0.15) is 5.82 Å². The Balaban J connectivity index is 2.60. The first kappa shape index (κ1) is 11.4. The van der Waals surface area contributed by atoms with E-state index in [0.29, 0.717) is 11.3 Å². The van der Waals surface area contributed by atoms with Gasteiger partial charge >= 0.3 is 5.69 Å². The second kappa shape index (κ2) is 4.06. The summed E-state index contributed by atoms with van der Waals surface area (Å²) in [6.07, 6.45) is 0. The fraction of sp³-hybridized carbons (Fsp3) is 0. The van der Waals surface area contributed by atoms with Gasteiger partial charge in [0.2, 0.25) is 5.75 Å². The summed E-state index contributed by atoms with van der Waals surface area (Å²) >= 11 is 3.05. The Morgan fingerprint density at radius 3 is 2.71 bits per heavy atom. The minimum atomic E-state index is -0.663. The Hall–Kier alpha value is -2.09. The first-order chi connectivity index (χ1) is 7.99. The average molecular weight is 299 g/mol. The lowest BCUT2D eigenvalue weighted by Gasteiger charge is -2.02. The second-order valence-corrected chi connectivity index (χ2v) is 4.14. The number of aromatic hydroxyl groups is 1. The van der Waals surface area contributed by atoms with Crippen LogP contribution in [0.25, 0.3) is 11.3 Å². The lowest BCUT2D eigenvalue weighted by atomic mass is 10.1. The summed E-state index contributed by atoms with van der Waals surface area (Å²) in [5.41, 5.74) is 6.10. The zero-order chi connectivity index (χ0) is 12.6. The Morgan fingerprint density at radius 1 is 1.47 bits per heavy atom. The van der Waals surface area contributed by atoms with E-state index in [1.807, 2.05) is 0 Å². The first-order valence-corrected chi connectivity index (χ1v) is 5.26. The number of nitrogens with zero attached hydrogens (tertiary/aromatic N) is 2. The molecule has 0 fully saturated rings. The van der Waals surface area contributed by atoms with E-state index >= 15 is 0 Å². The Kier molecular flexibility index (Phi) is 2.72. The summed E-state index contributed by atoms with van der Waals surface area (Å²) in [5.74, 6) is -0.127. The topological polar surface area (TPSA) is 118 Å². The third-order valence-corrected chi connectivity index (χ3v) is 2.75. The molecule has 0 aliphatic rings. The molecule has 8 heteroatoms. The third-order valence-electron chi connectivity index (χ3n) is 2.15. The molecule has 0 amide bonds. The standard InChI is InChI=1S/C9H7BrN4O3/c10-5-1-4(6-3-8(11)13-12-6)2-7(9(5)15)14(16)17/h1-3,15H,(H3,11,12,13). The van der Waals surface area contributed by atoms with Crippen LogP contribution in [0.3, 0.4) is 0 Å². The second-order valence-electron chi connectivity index (χ2n) is 3.29. The molecule has 1 aromatic carbocycles. The molecule has 0 atom stereocenters. The highest BCUT2D eigenvalue weighted by Crippen LogP contribution is 2.37. The lowest BCUT2D eigenvalue weighted by Crippen LogP contribution is -1.90. The van der Waals surface area contributed by atoms with Crippen molar-refractivity contribution in [3.05, 3.63) is 32.8 Å². The van der Waals surface area contributed by atoms with Crippen LogP contribution in [0.5, 0.6) is 5.75 Å². The maximum Gasteiger partial charge on any atom is 0.312 e. The molecule has 0 radical (unpaired) electrons. The third kappa shape index (κ3) is 2.07. The highest BCUT2D eigenvalue weighted by atomic mass is 79.9. The van der Waals surface area contributed by atoms with Gasteiger partial charge in [-0.3, -0.25) is 15.2 Å². The fourth-order valence-corrected chi connectivity index (χ4v) is 1.81. The number of anilines is 1. The van der Waals surface area contributed by atoms with Gasteiger partial charge in [-0.25, -0.2) is 0 Å². The molecule has 0 bridgehead atoms. The number of phenolic OH excluding ortho intramolecular Hbond substituents is 1. The minimum Gasteiger partial charge on any atom is -0.501 e. The first-order valence-electron chi connectivity index (χ1n) is 4.47. The monoisotopic (exact) mass is 298 g/mol. The SMILES string of the molecule is Nc1cc(-c2cc(Br)c(O)c([N+](=O)[O-])c2)[nH]n1. The fourth-order valence-electron chi connectivity index (χ4n) is 1.36. The maximum atomic E-state index is 10.7. The number of benzene rings is 1. The van der Waals surface area contributed by atoms with E-state index < -0.39 is 10.7 Å². The maximum absolute atomic E-state index is 10.7. The number of halogens is 1. The van der Waals surface area contributed by atoms with Crippen molar-refractivity contribution in [1.29, 1.82) is 0 Å². The van der Waals surface area contributed by atoms with Crippen LogP contribution in [-0.2, 0) is 0 Å². The number of hydrogen-bond acceptors (Lipinski definition) is 5. The van der Waals surface area contributed by atoms with Gasteiger partial charge in [0.05, 0.1) is 15.1 Å². The van der Waals surface area contributed by atoms with Crippen molar-refractivity contribution in [3.63, 3.8) is 0 Å². The number of nitrogen functional groups attached to an aromatic ring is 1. The highest BCUT2D eigenvalue weighted by Gasteiger charge is 2.19. The van der Waals surface area contributed by atoms with Crippen molar-refractivity contribution in [2.24, 2.45) is 0 Å². The molecule has 7 nitrogen and oxygen atoms in total. The predicted octanol–water partition coefficient (Wildman–Crippen LogP) is 2.04. The van der Waals surface area contributed by atoms with Crippen molar-refractivity contribution < 1.29 is 10.0 Å². The summed E-state index contributed by atoms with van der Waals surface area (Å²) in [7, 11) is 0. The molecule has 4 N–H and O–H groups in total. The molecule has 0 unspecified atom stereocenters. The van der Waals surface area contributed by atoms with Crippen LogP contribution in [0.15, 0.2) is 22.7 Å². The van der Waals surface area contributed by atoms with E-state index in [9.17, 15) is 15.2 Å². The molecule has 1 heterocycles. The number of aromatic amines is 1. The summed E-state index contributed by atoms with van der Waals surface area (Å²) in [6.45, 7) is 0. The summed E-state index contributed by atoms with van der Waals surface area (Å²) in [5, 5.41) is 26.6. The number of nitrogens with two attached hydrogens (primary N) is 1. The molecular formula is C9H7BrN4O3. The summed E-state index contributed by atoms with van der Waals surface area (Å²) in [6, 6.07) is 4.32. The van der Waals surface area contributed by atoms with Crippen LogP contribution in [0.2, 0.25) is 0 Å². The zero-order valence-corrected chi connectivity index (χ0v) is 9.93. The smallest absolute Gasteiger partial charge is 0.312 e. The lowest BCUT2D eigenvalue weighted by molar-refractivity contribution is -0.385. The van der Waals surface area contributed by atoms with E-state index in [4.69, 9.17) is 5.73 Å². The number of rotatable bonds is 2. The van der Waals surface area contributed by atoms with E-state index in [1.165, 1.54) is 12.1 Å². The van der Waals surface area contributed by atoms with Crippen molar-refractivity contribution in [1.82, 2.24) is 10.2 Å². The predicted molar refractivity (Wildman–Crippen MR) is 64.5 cm³/mol. The molecular weight excluding hydrogens is 292 g/mol. The molecule has 0 spiro atoms. The molecule has 0 aliphatic heterocycles. The number of nitrogens with one attached hydrogen (secondary N) is 1. The van der Waals surface area contributed by atoms with Crippen molar-refractivity contribution in [2.45, 2.75) is 0 Å². The van der Waals surface area contributed by atoms with Crippen LogP contribution in [0.1, 0.15) is 0 Å². The van der Waals surface area contributed by atoms with Gasteiger partial charge in [-0.2, -0.15) is 5.10 Å². The van der Waals surface area contributed by atoms with Crippen LogP contribution >= 0.6 is 15.9 Å². The van der Waals surface area contributed by atoms with Crippen molar-refractivity contribution in [2.75, 3.05) is 5.73 Å². The quantitative estimate of drug-likeness (QED) is 0.579. The number of nitro groups is 1. The number of phenols is 1. The van der Waals surface area contributed by atoms with Gasteiger partial charge in [-0.05, 0) is 22.0 Å². The van der Waals surface area contributed by atoms with E-state index in [0.717, 1.165) is 0 Å². The van der Waals surface area contributed by atoms with Crippen molar-refractivity contribution >= 4 is 27.4 Å². The number of H-pyrrole nitrogens is 1. The normalized spacial score (nSPS) is 10.4. The number of hydrogen-bond donors (Lipinski definition) is 3. The molecule has 0 aliphatic carbocycles. The van der Waals surface area contributed by atoms with Gasteiger partial charge in [0.25, 0.3) is 0 Å². The molecule has 0 saturated heterocycles. The van der Waals surface area contributed by atoms with Gasteiger partial charge in [0.15, 0.2) is 0 Å². The zero-order valence-electron chi connectivity index (χ0n) is 8.35. The van der Waals surface area contributed by atoms with Gasteiger partial charge < -0.3 is 10.8 Å². The molecule has 88 valence electrons. The highest BCUT2D eigenvalue weighted by molar-refractivity contribution is 9.10. The van der Waals surface area contributed by atoms with Gasteiger partial charge in [-0.1, -0.05) is 0 Å². The van der Waals surface area contributed by atoms with E-state index in [-0.39, 0.29) is 16.0 Å². The Morgan fingerprint density at radius 2 is 2.18 bits per heavy atom. The van der Waals surface area contributed by atoms with Crippen LogP contribution < -0.4 is 5.73 Å². The number of aromatic nitrogens is 2. The summed E-state index contributed by atoms with van der Waals surface area (Å²) in [4.78, 5) is 10.1. The van der Waals surface area contributed by atoms with Gasteiger partial charge in [-0.15, -0.1) is 0 Å². The van der Waals surface area contributed by atoms with Crippen LogP contribution in [0, 0.1) is 10.1 Å². The Bertz CT molecular complexity index is 596. The van der Waals surface area contributed by atoms with Crippen LogP contribution in [-0.4, -0.2) is 20.2 Å². The molecule has 1 aromatic heterocycles. The number of nitro benzene ring substituents is 1. The van der Waals surface area contributed by atoms with E-state index in [1.54, 1.807) is 6.07 Å². The minimum absolute atomic E-state index is 0.231.